The van der Waals surface area contributed by atoms with E-state index in [-0.39, 0.29) is 5.97 Å². The second-order valence-electron chi connectivity index (χ2n) is 3.97. The van der Waals surface area contributed by atoms with E-state index in [2.05, 4.69) is 5.73 Å². The Balaban J connectivity index is 2.46. The van der Waals surface area contributed by atoms with Crippen molar-refractivity contribution < 1.29 is 20.0 Å². The third-order valence-corrected chi connectivity index (χ3v) is 2.25. The predicted octanol–water partition coefficient (Wildman–Crippen LogP) is 0.714. The summed E-state index contributed by atoms with van der Waals surface area (Å²) in [5.74, 6) is -0.638. The van der Waals surface area contributed by atoms with Crippen LogP contribution in [0.2, 0.25) is 0 Å². The summed E-state index contributed by atoms with van der Waals surface area (Å²) in [7, 11) is 0. The lowest BCUT2D eigenvalue weighted by Crippen LogP contribution is -2.47. The zero-order valence-corrected chi connectivity index (χ0v) is 8.87. The van der Waals surface area contributed by atoms with E-state index in [4.69, 9.17) is 9.47 Å². The number of carbonyl (C=O) groups excluding carboxylic acids is 1. The standard InChI is InChI=1S/C11H13NO3/c1-11(2)14-9-4-3-7(6-12)5-8(9)10(13)15-11/h3-5H,6,12H2,1-2H3/p+1. The average molecular weight is 208 g/mol. The van der Waals surface area contributed by atoms with Crippen molar-refractivity contribution >= 4 is 5.97 Å². The molecule has 1 aliphatic heterocycles. The number of carbonyl (C=O) groups is 1. The molecule has 0 radical (unpaired) electrons. The largest absolute Gasteiger partial charge is 0.452 e. The third-order valence-electron chi connectivity index (χ3n) is 2.25. The van der Waals surface area contributed by atoms with Crippen LogP contribution in [0.25, 0.3) is 0 Å². The summed E-state index contributed by atoms with van der Waals surface area (Å²) in [6.07, 6.45) is 0. The van der Waals surface area contributed by atoms with Gasteiger partial charge in [0, 0.05) is 19.4 Å². The lowest BCUT2D eigenvalue weighted by atomic mass is 10.1. The minimum Gasteiger partial charge on any atom is -0.452 e. The minimum atomic E-state index is -0.879. The second-order valence-corrected chi connectivity index (χ2v) is 3.97. The van der Waals surface area contributed by atoms with Gasteiger partial charge in [0.05, 0.1) is 6.54 Å². The Morgan fingerprint density at radius 3 is 2.73 bits per heavy atom. The lowest BCUT2D eigenvalue weighted by Gasteiger charge is -2.31. The van der Waals surface area contributed by atoms with E-state index in [0.717, 1.165) is 5.56 Å². The summed E-state index contributed by atoms with van der Waals surface area (Å²) < 4.78 is 10.6. The molecule has 0 saturated heterocycles. The molecule has 4 heteroatoms. The Hall–Kier alpha value is -1.55. The van der Waals surface area contributed by atoms with Gasteiger partial charge >= 0.3 is 5.97 Å². The molecule has 0 aromatic heterocycles. The first-order chi connectivity index (χ1) is 7.02. The van der Waals surface area contributed by atoms with Gasteiger partial charge in [-0.2, -0.15) is 0 Å². The van der Waals surface area contributed by atoms with E-state index in [1.54, 1.807) is 26.0 Å². The molecule has 2 rings (SSSR count). The highest BCUT2D eigenvalue weighted by Crippen LogP contribution is 2.31. The average Bonchev–Trinajstić information content (AvgIpc) is 2.15. The Labute approximate surface area is 88.0 Å². The number of quaternary nitrogens is 1. The fourth-order valence-corrected chi connectivity index (χ4v) is 1.55. The molecule has 1 heterocycles. The molecule has 0 amide bonds. The fraction of sp³-hybridized carbons (Fsp3) is 0.364. The molecule has 1 aromatic carbocycles. The lowest BCUT2D eigenvalue weighted by molar-refractivity contribution is -0.386. The van der Waals surface area contributed by atoms with Crippen LogP contribution >= 0.6 is 0 Å². The Morgan fingerprint density at radius 1 is 1.33 bits per heavy atom. The van der Waals surface area contributed by atoms with Crippen molar-refractivity contribution in [3.05, 3.63) is 29.3 Å². The summed E-state index contributed by atoms with van der Waals surface area (Å²) in [6.45, 7) is 4.07. The number of esters is 1. The Bertz CT molecular complexity index is 412. The van der Waals surface area contributed by atoms with Crippen LogP contribution in [0, 0.1) is 0 Å². The van der Waals surface area contributed by atoms with E-state index in [9.17, 15) is 4.79 Å². The van der Waals surface area contributed by atoms with Crippen molar-refractivity contribution in [2.45, 2.75) is 26.2 Å². The molecule has 0 spiro atoms. The SMILES string of the molecule is CC1(C)OC(=O)c2cc(C[NH3+])ccc2O1. The summed E-state index contributed by atoms with van der Waals surface area (Å²) in [5, 5.41) is 0. The molecule has 1 aliphatic rings. The van der Waals surface area contributed by atoms with Gasteiger partial charge < -0.3 is 15.2 Å². The molecule has 0 atom stereocenters. The predicted molar refractivity (Wildman–Crippen MR) is 53.2 cm³/mol. The van der Waals surface area contributed by atoms with Crippen molar-refractivity contribution in [1.82, 2.24) is 0 Å². The van der Waals surface area contributed by atoms with Gasteiger partial charge in [0.15, 0.2) is 0 Å². The minimum absolute atomic E-state index is 0.337. The van der Waals surface area contributed by atoms with Crippen molar-refractivity contribution in [3.8, 4) is 5.75 Å². The summed E-state index contributed by atoms with van der Waals surface area (Å²) in [4.78, 5) is 11.6. The van der Waals surface area contributed by atoms with Crippen LogP contribution in [0.3, 0.4) is 0 Å². The van der Waals surface area contributed by atoms with Gasteiger partial charge in [-0.15, -0.1) is 0 Å². The molecule has 80 valence electrons. The highest BCUT2D eigenvalue weighted by atomic mass is 16.7. The first-order valence-electron chi connectivity index (χ1n) is 4.86. The van der Waals surface area contributed by atoms with Crippen LogP contribution in [0.5, 0.6) is 5.75 Å². The fourth-order valence-electron chi connectivity index (χ4n) is 1.55. The topological polar surface area (TPSA) is 63.2 Å². The van der Waals surface area contributed by atoms with Crippen LogP contribution in [0.4, 0.5) is 0 Å². The molecular weight excluding hydrogens is 194 g/mol. The van der Waals surface area contributed by atoms with Crippen LogP contribution in [0.15, 0.2) is 18.2 Å². The van der Waals surface area contributed by atoms with Crippen LogP contribution < -0.4 is 10.5 Å². The van der Waals surface area contributed by atoms with Crippen LogP contribution in [0.1, 0.15) is 29.8 Å². The van der Waals surface area contributed by atoms with Gasteiger partial charge in [0.1, 0.15) is 11.3 Å². The van der Waals surface area contributed by atoms with Crippen molar-refractivity contribution in [2.75, 3.05) is 0 Å². The van der Waals surface area contributed by atoms with Crippen molar-refractivity contribution in [1.29, 1.82) is 0 Å². The molecular formula is C11H14NO3+. The number of rotatable bonds is 1. The maximum atomic E-state index is 11.6. The van der Waals surface area contributed by atoms with Crippen molar-refractivity contribution in [3.63, 3.8) is 0 Å². The molecule has 3 N–H and O–H groups in total. The molecule has 0 aliphatic carbocycles. The molecule has 0 saturated carbocycles. The van der Waals surface area contributed by atoms with E-state index in [1.807, 2.05) is 6.07 Å². The van der Waals surface area contributed by atoms with Crippen LogP contribution in [-0.4, -0.2) is 11.8 Å². The van der Waals surface area contributed by atoms with E-state index in [1.165, 1.54) is 0 Å². The molecule has 1 aromatic rings. The van der Waals surface area contributed by atoms with Gasteiger partial charge in [0.2, 0.25) is 5.79 Å². The maximum Gasteiger partial charge on any atom is 0.345 e. The maximum absolute atomic E-state index is 11.6. The second kappa shape index (κ2) is 3.24. The van der Waals surface area contributed by atoms with Crippen LogP contribution in [-0.2, 0) is 11.3 Å². The number of hydrogen-bond donors (Lipinski definition) is 1. The summed E-state index contributed by atoms with van der Waals surface area (Å²) in [6, 6.07) is 5.46. The molecule has 0 bridgehead atoms. The van der Waals surface area contributed by atoms with E-state index < -0.39 is 5.79 Å². The number of benzene rings is 1. The van der Waals surface area contributed by atoms with E-state index >= 15 is 0 Å². The summed E-state index contributed by atoms with van der Waals surface area (Å²) in [5.41, 5.74) is 5.24. The number of cyclic esters (lactones) is 1. The number of ether oxygens (including phenoxy) is 2. The highest BCUT2D eigenvalue weighted by molar-refractivity contribution is 5.93. The monoisotopic (exact) mass is 208 g/mol. The smallest absolute Gasteiger partial charge is 0.345 e. The van der Waals surface area contributed by atoms with Crippen molar-refractivity contribution in [2.24, 2.45) is 0 Å². The third kappa shape index (κ3) is 1.80. The number of hydrogen-bond acceptors (Lipinski definition) is 3. The van der Waals surface area contributed by atoms with Gasteiger partial charge in [-0.1, -0.05) is 0 Å². The molecule has 0 unspecified atom stereocenters. The number of fused-ring (bicyclic) bond motifs is 1. The van der Waals surface area contributed by atoms with Gasteiger partial charge in [-0.25, -0.2) is 4.79 Å². The van der Waals surface area contributed by atoms with Gasteiger partial charge in [-0.3, -0.25) is 0 Å². The first kappa shape index (κ1) is 9.98. The quantitative estimate of drug-likeness (QED) is 0.691. The molecule has 0 fully saturated rings. The summed E-state index contributed by atoms with van der Waals surface area (Å²) >= 11 is 0. The van der Waals surface area contributed by atoms with Gasteiger partial charge in [-0.05, 0) is 18.2 Å². The Kier molecular flexibility index (Phi) is 2.16. The first-order valence-corrected chi connectivity index (χ1v) is 4.86. The molecule has 15 heavy (non-hydrogen) atoms. The normalized spacial score (nSPS) is 17.7. The zero-order valence-electron chi connectivity index (χ0n) is 8.87. The highest BCUT2D eigenvalue weighted by Gasteiger charge is 2.33. The molecule has 4 nitrogen and oxygen atoms in total. The van der Waals surface area contributed by atoms with Gasteiger partial charge in [0.25, 0.3) is 0 Å². The van der Waals surface area contributed by atoms with E-state index in [0.29, 0.717) is 17.9 Å². The zero-order chi connectivity index (χ0) is 11.1. The Morgan fingerprint density at radius 2 is 2.07 bits per heavy atom.